The number of nitrogens with zero attached hydrogens (tertiary/aromatic N) is 2. The van der Waals surface area contributed by atoms with Crippen LogP contribution in [0.15, 0.2) is 40.7 Å². The Morgan fingerprint density at radius 2 is 2.15 bits per heavy atom. The zero-order valence-corrected chi connectivity index (χ0v) is 13.0. The summed E-state index contributed by atoms with van der Waals surface area (Å²) in [6, 6.07) is 7.09. The van der Waals surface area contributed by atoms with E-state index in [0.29, 0.717) is 18.9 Å². The summed E-state index contributed by atoms with van der Waals surface area (Å²) in [4.78, 5) is 5.30. The van der Waals surface area contributed by atoms with Gasteiger partial charge in [0.05, 0.1) is 0 Å². The molecule has 0 aliphatic carbocycles. The molecule has 7 heteroatoms. The molecule has 0 spiro atoms. The fraction of sp³-hybridized carbons (Fsp3) is 0.308. The first kappa shape index (κ1) is 15.0. The lowest BCUT2D eigenvalue weighted by Gasteiger charge is -2.19. The zero-order valence-electron chi connectivity index (χ0n) is 11.4. The average Bonchev–Trinajstić information content (AvgIpc) is 2.97. The number of thiophene rings is 1. The van der Waals surface area contributed by atoms with Gasteiger partial charge < -0.3 is 5.32 Å². The second-order valence-corrected chi connectivity index (χ2v) is 7.11. The molecule has 0 amide bonds. The molecule has 5 nitrogen and oxygen atoms in total. The van der Waals surface area contributed by atoms with Crippen LogP contribution in [0.3, 0.4) is 0 Å². The topological polar surface area (TPSA) is 62.3 Å². The molecule has 0 atom stereocenters. The Labute approximate surface area is 123 Å². The van der Waals surface area contributed by atoms with Gasteiger partial charge in [-0.2, -0.15) is 4.31 Å². The molecule has 0 fully saturated rings. The maximum absolute atomic E-state index is 12.6. The van der Waals surface area contributed by atoms with Crippen molar-refractivity contribution in [1.29, 1.82) is 0 Å². The van der Waals surface area contributed by atoms with Gasteiger partial charge in [-0.1, -0.05) is 13.0 Å². The SMILES string of the molecule is CCN(Cc1cccs1)S(=O)(=O)c1ccc(NC)nc1. The van der Waals surface area contributed by atoms with Gasteiger partial charge in [-0.05, 0) is 23.6 Å². The molecular weight excluding hydrogens is 294 g/mol. The minimum absolute atomic E-state index is 0.218. The molecule has 0 saturated carbocycles. The Bertz CT molecular complexity index is 637. The highest BCUT2D eigenvalue weighted by atomic mass is 32.2. The third-order valence-corrected chi connectivity index (χ3v) is 5.66. The van der Waals surface area contributed by atoms with Crippen LogP contribution in [-0.4, -0.2) is 31.3 Å². The molecule has 108 valence electrons. The lowest BCUT2D eigenvalue weighted by atomic mass is 10.4. The first-order valence-electron chi connectivity index (χ1n) is 6.24. The Morgan fingerprint density at radius 3 is 2.65 bits per heavy atom. The fourth-order valence-electron chi connectivity index (χ4n) is 1.77. The summed E-state index contributed by atoms with van der Waals surface area (Å²) in [7, 11) is -1.76. The summed E-state index contributed by atoms with van der Waals surface area (Å²) in [5.74, 6) is 0.644. The summed E-state index contributed by atoms with van der Waals surface area (Å²) < 4.78 is 26.6. The normalized spacial score (nSPS) is 11.8. The molecule has 2 aromatic rings. The first-order chi connectivity index (χ1) is 9.57. The van der Waals surface area contributed by atoms with Crippen LogP contribution in [0.25, 0.3) is 0 Å². The number of hydrogen-bond acceptors (Lipinski definition) is 5. The third kappa shape index (κ3) is 3.17. The van der Waals surface area contributed by atoms with E-state index in [1.54, 1.807) is 30.5 Å². The van der Waals surface area contributed by atoms with Crippen LogP contribution in [0.2, 0.25) is 0 Å². The second-order valence-electron chi connectivity index (χ2n) is 4.14. The van der Waals surface area contributed by atoms with E-state index in [-0.39, 0.29) is 4.90 Å². The monoisotopic (exact) mass is 311 g/mol. The molecule has 20 heavy (non-hydrogen) atoms. The van der Waals surface area contributed by atoms with Gasteiger partial charge >= 0.3 is 0 Å². The number of pyridine rings is 1. The van der Waals surface area contributed by atoms with E-state index < -0.39 is 10.0 Å². The molecule has 2 aromatic heterocycles. The second kappa shape index (κ2) is 6.34. The van der Waals surface area contributed by atoms with E-state index in [1.165, 1.54) is 10.5 Å². The van der Waals surface area contributed by atoms with E-state index in [4.69, 9.17) is 0 Å². The zero-order chi connectivity index (χ0) is 14.6. The van der Waals surface area contributed by atoms with Crippen molar-refractivity contribution in [3.8, 4) is 0 Å². The van der Waals surface area contributed by atoms with Crippen molar-refractivity contribution in [3.05, 3.63) is 40.7 Å². The lowest BCUT2D eigenvalue weighted by molar-refractivity contribution is 0.426. The Hall–Kier alpha value is -1.44. The van der Waals surface area contributed by atoms with Gasteiger partial charge in [0.15, 0.2) is 0 Å². The summed E-state index contributed by atoms with van der Waals surface area (Å²) in [5, 5.41) is 4.81. The minimum Gasteiger partial charge on any atom is -0.373 e. The minimum atomic E-state index is -3.50. The van der Waals surface area contributed by atoms with Gasteiger partial charge in [0, 0.05) is 31.2 Å². The summed E-state index contributed by atoms with van der Waals surface area (Å²) in [5.41, 5.74) is 0. The molecule has 0 aliphatic rings. The van der Waals surface area contributed by atoms with Gasteiger partial charge in [0.2, 0.25) is 10.0 Å². The van der Waals surface area contributed by atoms with Gasteiger partial charge in [0.25, 0.3) is 0 Å². The van der Waals surface area contributed by atoms with Gasteiger partial charge in [-0.25, -0.2) is 13.4 Å². The molecule has 0 unspecified atom stereocenters. The summed E-state index contributed by atoms with van der Waals surface area (Å²) in [6.07, 6.45) is 1.39. The largest absolute Gasteiger partial charge is 0.373 e. The number of rotatable bonds is 6. The molecule has 0 bridgehead atoms. The van der Waals surface area contributed by atoms with Gasteiger partial charge in [0.1, 0.15) is 10.7 Å². The van der Waals surface area contributed by atoms with Crippen LogP contribution < -0.4 is 5.32 Å². The molecule has 0 radical (unpaired) electrons. The summed E-state index contributed by atoms with van der Waals surface area (Å²) >= 11 is 1.55. The number of hydrogen-bond donors (Lipinski definition) is 1. The molecular formula is C13H17N3O2S2. The maximum Gasteiger partial charge on any atom is 0.244 e. The highest BCUT2D eigenvalue weighted by Gasteiger charge is 2.23. The number of anilines is 1. The highest BCUT2D eigenvalue weighted by Crippen LogP contribution is 2.20. The van der Waals surface area contributed by atoms with Crippen molar-refractivity contribution in [1.82, 2.24) is 9.29 Å². The molecule has 2 heterocycles. The molecule has 0 aromatic carbocycles. The molecule has 1 N–H and O–H groups in total. The van der Waals surface area contributed by atoms with E-state index in [9.17, 15) is 8.42 Å². The summed E-state index contributed by atoms with van der Waals surface area (Å²) in [6.45, 7) is 2.65. The van der Waals surface area contributed by atoms with Crippen molar-refractivity contribution in [2.45, 2.75) is 18.4 Å². The predicted octanol–water partition coefficient (Wildman–Crippen LogP) is 2.40. The first-order valence-corrected chi connectivity index (χ1v) is 8.56. The lowest BCUT2D eigenvalue weighted by Crippen LogP contribution is -2.30. The van der Waals surface area contributed by atoms with Crippen molar-refractivity contribution < 1.29 is 8.42 Å². The highest BCUT2D eigenvalue weighted by molar-refractivity contribution is 7.89. The van der Waals surface area contributed by atoms with Crippen molar-refractivity contribution in [2.24, 2.45) is 0 Å². The van der Waals surface area contributed by atoms with Crippen molar-refractivity contribution in [2.75, 3.05) is 18.9 Å². The maximum atomic E-state index is 12.6. The van der Waals surface area contributed by atoms with E-state index in [2.05, 4.69) is 10.3 Å². The Morgan fingerprint density at radius 1 is 1.35 bits per heavy atom. The van der Waals surface area contributed by atoms with Crippen LogP contribution in [0.5, 0.6) is 0 Å². The number of aromatic nitrogens is 1. The molecule has 2 rings (SSSR count). The quantitative estimate of drug-likeness (QED) is 0.890. The number of sulfonamides is 1. The van der Waals surface area contributed by atoms with Crippen molar-refractivity contribution in [3.63, 3.8) is 0 Å². The molecule has 0 saturated heterocycles. The number of nitrogens with one attached hydrogen (secondary N) is 1. The molecule has 0 aliphatic heterocycles. The van der Waals surface area contributed by atoms with Crippen LogP contribution in [-0.2, 0) is 16.6 Å². The Kier molecular flexibility index (Phi) is 4.74. The van der Waals surface area contributed by atoms with Gasteiger partial charge in [-0.3, -0.25) is 0 Å². The van der Waals surface area contributed by atoms with E-state index in [1.807, 2.05) is 24.4 Å². The van der Waals surface area contributed by atoms with Gasteiger partial charge in [-0.15, -0.1) is 11.3 Å². The Balaban J connectivity index is 2.26. The van der Waals surface area contributed by atoms with Crippen LogP contribution >= 0.6 is 11.3 Å². The standard InChI is InChI=1S/C13H17N3O2S2/c1-3-16(10-11-5-4-8-19-11)20(17,18)12-6-7-13(14-2)15-9-12/h4-9H,3,10H2,1-2H3,(H,14,15). The van der Waals surface area contributed by atoms with Crippen LogP contribution in [0, 0.1) is 0 Å². The van der Waals surface area contributed by atoms with E-state index >= 15 is 0 Å². The smallest absolute Gasteiger partial charge is 0.244 e. The van der Waals surface area contributed by atoms with E-state index in [0.717, 1.165) is 4.88 Å². The average molecular weight is 311 g/mol. The van der Waals surface area contributed by atoms with Crippen LogP contribution in [0.1, 0.15) is 11.8 Å². The van der Waals surface area contributed by atoms with Crippen LogP contribution in [0.4, 0.5) is 5.82 Å². The predicted molar refractivity (Wildman–Crippen MR) is 81.4 cm³/mol. The van der Waals surface area contributed by atoms with Crippen molar-refractivity contribution >= 4 is 27.2 Å². The third-order valence-electron chi connectivity index (χ3n) is 2.90. The fourth-order valence-corrected chi connectivity index (χ4v) is 3.95.